The van der Waals surface area contributed by atoms with Gasteiger partial charge >= 0.3 is 6.03 Å². The van der Waals surface area contributed by atoms with E-state index in [1.54, 1.807) is 6.92 Å². The number of hydrogen-bond donors (Lipinski definition) is 2. The molecule has 4 nitrogen and oxygen atoms in total. The Hall–Kier alpha value is -0.770. The summed E-state index contributed by atoms with van der Waals surface area (Å²) in [6.45, 7) is 1.55. The monoisotopic (exact) mass is 256 g/mol. The zero-order valence-electron chi connectivity index (χ0n) is 9.78. The maximum Gasteiger partial charge on any atom is 0.321 e. The third-order valence-electron chi connectivity index (χ3n) is 4.63. The van der Waals surface area contributed by atoms with Crippen LogP contribution in [0.5, 0.6) is 0 Å². The summed E-state index contributed by atoms with van der Waals surface area (Å²) in [5, 5.41) is 4.51. The van der Waals surface area contributed by atoms with Gasteiger partial charge in [0, 0.05) is 6.04 Å². The molecule has 0 saturated heterocycles. The molecule has 2 N–H and O–H groups in total. The molecule has 0 aromatic carbocycles. The van der Waals surface area contributed by atoms with Crippen LogP contribution < -0.4 is 10.6 Å². The van der Waals surface area contributed by atoms with Crippen molar-refractivity contribution in [1.29, 1.82) is 0 Å². The SMILES string of the molecule is CC(Cl)C(=O)NC(=O)NC1C2C3CCC(C3)C12. The number of rotatable bonds is 2. The van der Waals surface area contributed by atoms with Gasteiger partial charge in [-0.2, -0.15) is 0 Å². The van der Waals surface area contributed by atoms with E-state index in [0.29, 0.717) is 17.9 Å². The van der Waals surface area contributed by atoms with Gasteiger partial charge in [0.25, 0.3) is 0 Å². The van der Waals surface area contributed by atoms with Crippen molar-refractivity contribution < 1.29 is 9.59 Å². The molecular formula is C12H17ClN2O2. The normalized spacial score (nSPS) is 42.8. The van der Waals surface area contributed by atoms with E-state index in [0.717, 1.165) is 11.8 Å². The first-order valence-corrected chi connectivity index (χ1v) is 6.77. The fourth-order valence-electron chi connectivity index (χ4n) is 3.92. The number of imide groups is 1. The fraction of sp³-hybridized carbons (Fsp3) is 0.833. The van der Waals surface area contributed by atoms with Gasteiger partial charge in [-0.15, -0.1) is 11.6 Å². The van der Waals surface area contributed by atoms with Crippen LogP contribution in [0.15, 0.2) is 0 Å². The summed E-state index contributed by atoms with van der Waals surface area (Å²) in [4.78, 5) is 22.8. The van der Waals surface area contributed by atoms with Crippen LogP contribution in [0.25, 0.3) is 0 Å². The van der Waals surface area contributed by atoms with Crippen molar-refractivity contribution in [2.24, 2.45) is 23.7 Å². The molecule has 5 unspecified atom stereocenters. The summed E-state index contributed by atoms with van der Waals surface area (Å²) in [5.41, 5.74) is 0. The first-order valence-electron chi connectivity index (χ1n) is 6.33. The number of alkyl halides is 1. The van der Waals surface area contributed by atoms with Crippen molar-refractivity contribution in [3.63, 3.8) is 0 Å². The van der Waals surface area contributed by atoms with Crippen molar-refractivity contribution >= 4 is 23.5 Å². The molecule has 94 valence electrons. The van der Waals surface area contributed by atoms with Gasteiger partial charge in [0.15, 0.2) is 0 Å². The van der Waals surface area contributed by atoms with Crippen molar-refractivity contribution in [1.82, 2.24) is 10.6 Å². The summed E-state index contributed by atoms with van der Waals surface area (Å²) in [5.74, 6) is 2.57. The van der Waals surface area contributed by atoms with Crippen molar-refractivity contribution in [3.8, 4) is 0 Å². The highest BCUT2D eigenvalue weighted by Gasteiger charge is 2.65. The van der Waals surface area contributed by atoms with Crippen LogP contribution in [-0.4, -0.2) is 23.4 Å². The third-order valence-corrected chi connectivity index (χ3v) is 4.83. The molecule has 17 heavy (non-hydrogen) atoms. The Morgan fingerprint density at radius 1 is 1.24 bits per heavy atom. The lowest BCUT2D eigenvalue weighted by Crippen LogP contribution is -2.44. The number of carbonyl (C=O) groups is 2. The van der Waals surface area contributed by atoms with Gasteiger partial charge in [-0.3, -0.25) is 10.1 Å². The molecule has 0 aromatic heterocycles. The van der Waals surface area contributed by atoms with Gasteiger partial charge in [0.2, 0.25) is 5.91 Å². The van der Waals surface area contributed by atoms with Gasteiger partial charge in [0.1, 0.15) is 5.38 Å². The standard InChI is InChI=1S/C12H17ClN2O2/c1-5(13)11(16)15-12(17)14-10-8-6-2-3-7(4-6)9(8)10/h5-10H,2-4H2,1H3,(H2,14,15,16,17). The largest absolute Gasteiger partial charge is 0.334 e. The van der Waals surface area contributed by atoms with Crippen LogP contribution in [-0.2, 0) is 4.79 Å². The average Bonchev–Trinajstić information content (AvgIpc) is 2.70. The second kappa shape index (κ2) is 3.87. The summed E-state index contributed by atoms with van der Waals surface area (Å²) in [6.07, 6.45) is 4.00. The second-order valence-electron chi connectivity index (χ2n) is 5.59. The first kappa shape index (κ1) is 11.3. The molecule has 3 aliphatic rings. The maximum atomic E-state index is 11.6. The molecule has 3 aliphatic carbocycles. The zero-order chi connectivity index (χ0) is 12.2. The Kier molecular flexibility index (Phi) is 2.58. The quantitative estimate of drug-likeness (QED) is 0.736. The van der Waals surface area contributed by atoms with Crippen LogP contribution in [0.2, 0.25) is 0 Å². The summed E-state index contributed by atoms with van der Waals surface area (Å²) < 4.78 is 0. The highest BCUT2D eigenvalue weighted by Crippen LogP contribution is 2.65. The molecule has 0 heterocycles. The molecule has 0 radical (unpaired) electrons. The molecular weight excluding hydrogens is 240 g/mol. The minimum Gasteiger partial charge on any atom is -0.334 e. The van der Waals surface area contributed by atoms with Crippen LogP contribution in [0.1, 0.15) is 26.2 Å². The van der Waals surface area contributed by atoms with Crippen LogP contribution in [0.4, 0.5) is 4.79 Å². The molecule has 0 spiro atoms. The lowest BCUT2D eigenvalue weighted by molar-refractivity contribution is -0.119. The van der Waals surface area contributed by atoms with E-state index in [1.165, 1.54) is 19.3 Å². The van der Waals surface area contributed by atoms with E-state index in [1.807, 2.05) is 0 Å². The van der Waals surface area contributed by atoms with E-state index in [4.69, 9.17) is 11.6 Å². The number of carbonyl (C=O) groups excluding carboxylic acids is 2. The number of amides is 3. The van der Waals surface area contributed by atoms with E-state index in [2.05, 4.69) is 10.6 Å². The van der Waals surface area contributed by atoms with E-state index < -0.39 is 11.3 Å². The lowest BCUT2D eigenvalue weighted by Gasteiger charge is -2.11. The lowest BCUT2D eigenvalue weighted by atomic mass is 10.0. The van der Waals surface area contributed by atoms with Crippen LogP contribution >= 0.6 is 11.6 Å². The van der Waals surface area contributed by atoms with Crippen molar-refractivity contribution in [2.45, 2.75) is 37.6 Å². The molecule has 5 atom stereocenters. The molecule has 2 bridgehead atoms. The molecule has 3 saturated carbocycles. The Morgan fingerprint density at radius 2 is 1.82 bits per heavy atom. The second-order valence-corrected chi connectivity index (χ2v) is 6.25. The van der Waals surface area contributed by atoms with E-state index in [9.17, 15) is 9.59 Å². The topological polar surface area (TPSA) is 58.2 Å². The Labute approximate surface area is 105 Å². The Morgan fingerprint density at radius 3 is 2.35 bits per heavy atom. The summed E-state index contributed by atoms with van der Waals surface area (Å²) in [7, 11) is 0. The zero-order valence-corrected chi connectivity index (χ0v) is 10.5. The van der Waals surface area contributed by atoms with Crippen molar-refractivity contribution in [2.75, 3.05) is 0 Å². The van der Waals surface area contributed by atoms with E-state index in [-0.39, 0.29) is 6.03 Å². The van der Waals surface area contributed by atoms with Gasteiger partial charge in [-0.05, 0) is 49.9 Å². The van der Waals surface area contributed by atoms with Gasteiger partial charge in [-0.1, -0.05) is 0 Å². The van der Waals surface area contributed by atoms with E-state index >= 15 is 0 Å². The summed E-state index contributed by atoms with van der Waals surface area (Å²) in [6, 6.07) is -0.0824. The molecule has 0 aliphatic heterocycles. The predicted octanol–water partition coefficient (Wildman–Crippen LogP) is 1.48. The Bertz CT molecular complexity index is 356. The average molecular weight is 257 g/mol. The molecule has 3 rings (SSSR count). The fourth-order valence-corrected chi connectivity index (χ4v) is 3.97. The Balaban J connectivity index is 1.50. The number of halogens is 1. The van der Waals surface area contributed by atoms with Gasteiger partial charge in [0.05, 0.1) is 0 Å². The van der Waals surface area contributed by atoms with Crippen LogP contribution in [0.3, 0.4) is 0 Å². The highest BCUT2D eigenvalue weighted by atomic mass is 35.5. The molecule has 0 aromatic rings. The van der Waals surface area contributed by atoms with Gasteiger partial charge in [-0.25, -0.2) is 4.79 Å². The number of urea groups is 1. The minimum absolute atomic E-state index is 0.305. The number of nitrogens with one attached hydrogen (secondary N) is 2. The third kappa shape index (κ3) is 1.82. The predicted molar refractivity (Wildman–Crippen MR) is 63.6 cm³/mol. The number of hydrogen-bond acceptors (Lipinski definition) is 2. The smallest absolute Gasteiger partial charge is 0.321 e. The van der Waals surface area contributed by atoms with Crippen molar-refractivity contribution in [3.05, 3.63) is 0 Å². The van der Waals surface area contributed by atoms with Gasteiger partial charge < -0.3 is 5.32 Å². The first-order chi connectivity index (χ1) is 8.08. The maximum absolute atomic E-state index is 11.6. The minimum atomic E-state index is -0.671. The molecule has 3 fully saturated rings. The number of fused-ring (bicyclic) bond motifs is 5. The summed E-state index contributed by atoms with van der Waals surface area (Å²) >= 11 is 5.58. The molecule has 3 amide bonds. The van der Waals surface area contributed by atoms with Crippen LogP contribution in [0, 0.1) is 23.7 Å². The molecule has 5 heteroatoms. The highest BCUT2D eigenvalue weighted by molar-refractivity contribution is 6.31.